The Hall–Kier alpha value is -2.70. The van der Waals surface area contributed by atoms with Crippen LogP contribution in [-0.4, -0.2) is 35.6 Å². The zero-order valence-electron chi connectivity index (χ0n) is 12.1. The maximum absolute atomic E-state index is 11.7. The highest BCUT2D eigenvalue weighted by Gasteiger charge is 2.11. The van der Waals surface area contributed by atoms with E-state index in [1.807, 2.05) is 30.5 Å². The summed E-state index contributed by atoms with van der Waals surface area (Å²) in [7, 11) is 0. The van der Waals surface area contributed by atoms with Crippen LogP contribution in [0.15, 0.2) is 36.7 Å². The maximum Gasteiger partial charge on any atom is 0.315 e. The highest BCUT2D eigenvalue weighted by Crippen LogP contribution is 2.30. The standard InChI is InChI=1S/C15H18N4O3/c20-15(16-5-7-19-6-1-4-18-19)17-11-12-2-3-13-14(10-12)22-9-8-21-13/h1-4,6,10H,5,7-9,11H2,(H2,16,17,20). The number of carbonyl (C=O) groups is 1. The van der Waals surface area contributed by atoms with Gasteiger partial charge < -0.3 is 20.1 Å². The lowest BCUT2D eigenvalue weighted by atomic mass is 10.2. The number of hydrogen-bond donors (Lipinski definition) is 2. The normalized spacial score (nSPS) is 12.7. The molecule has 1 aromatic carbocycles. The van der Waals surface area contributed by atoms with Crippen LogP contribution in [-0.2, 0) is 13.1 Å². The minimum Gasteiger partial charge on any atom is -0.486 e. The summed E-state index contributed by atoms with van der Waals surface area (Å²) in [5, 5.41) is 9.66. The van der Waals surface area contributed by atoms with Gasteiger partial charge in [0.15, 0.2) is 11.5 Å². The molecule has 7 nitrogen and oxygen atoms in total. The molecule has 2 heterocycles. The SMILES string of the molecule is O=C(NCCn1cccn1)NCc1ccc2c(c1)OCCO2. The summed E-state index contributed by atoms with van der Waals surface area (Å²) in [6.07, 6.45) is 3.57. The highest BCUT2D eigenvalue weighted by molar-refractivity contribution is 5.73. The predicted molar refractivity (Wildman–Crippen MR) is 79.9 cm³/mol. The second-order valence-electron chi connectivity index (χ2n) is 4.86. The quantitative estimate of drug-likeness (QED) is 0.868. The molecule has 0 saturated carbocycles. The van der Waals surface area contributed by atoms with Gasteiger partial charge in [0.1, 0.15) is 13.2 Å². The Balaban J connectivity index is 1.42. The van der Waals surface area contributed by atoms with Crippen LogP contribution in [0.25, 0.3) is 0 Å². The highest BCUT2D eigenvalue weighted by atomic mass is 16.6. The number of fused-ring (bicyclic) bond motifs is 1. The molecule has 2 amide bonds. The second-order valence-corrected chi connectivity index (χ2v) is 4.86. The van der Waals surface area contributed by atoms with E-state index in [1.54, 1.807) is 10.9 Å². The van der Waals surface area contributed by atoms with E-state index in [2.05, 4.69) is 15.7 Å². The molecule has 1 aromatic heterocycles. The van der Waals surface area contributed by atoms with Gasteiger partial charge in [-0.25, -0.2) is 4.79 Å². The molecule has 0 fully saturated rings. The lowest BCUT2D eigenvalue weighted by Gasteiger charge is -2.19. The van der Waals surface area contributed by atoms with Crippen LogP contribution in [0.4, 0.5) is 4.79 Å². The molecule has 1 aliphatic heterocycles. The van der Waals surface area contributed by atoms with E-state index >= 15 is 0 Å². The summed E-state index contributed by atoms with van der Waals surface area (Å²) in [6.45, 7) is 2.73. The minimum absolute atomic E-state index is 0.206. The number of hydrogen-bond acceptors (Lipinski definition) is 4. The van der Waals surface area contributed by atoms with E-state index in [-0.39, 0.29) is 6.03 Å². The molecule has 0 radical (unpaired) electrons. The summed E-state index contributed by atoms with van der Waals surface area (Å²) in [6, 6.07) is 7.31. The average Bonchev–Trinajstić information content (AvgIpc) is 3.06. The molecule has 0 aliphatic carbocycles. The van der Waals surface area contributed by atoms with Crippen molar-refractivity contribution >= 4 is 6.03 Å². The van der Waals surface area contributed by atoms with Crippen LogP contribution < -0.4 is 20.1 Å². The van der Waals surface area contributed by atoms with E-state index in [9.17, 15) is 4.79 Å². The third kappa shape index (κ3) is 3.69. The molecule has 3 rings (SSSR count). The second kappa shape index (κ2) is 6.84. The van der Waals surface area contributed by atoms with Gasteiger partial charge in [0, 0.05) is 25.5 Å². The van der Waals surface area contributed by atoms with Gasteiger partial charge in [-0.15, -0.1) is 0 Å². The van der Waals surface area contributed by atoms with Gasteiger partial charge in [-0.3, -0.25) is 4.68 Å². The third-order valence-electron chi connectivity index (χ3n) is 3.25. The molecule has 2 aromatic rings. The lowest BCUT2D eigenvalue weighted by molar-refractivity contribution is 0.171. The van der Waals surface area contributed by atoms with Crippen LogP contribution in [0.3, 0.4) is 0 Å². The molecule has 0 bridgehead atoms. The Bertz CT molecular complexity index is 628. The first-order chi connectivity index (χ1) is 10.8. The Morgan fingerprint density at radius 1 is 1.23 bits per heavy atom. The number of rotatable bonds is 5. The minimum atomic E-state index is -0.206. The summed E-state index contributed by atoms with van der Waals surface area (Å²) < 4.78 is 12.7. The van der Waals surface area contributed by atoms with E-state index in [4.69, 9.17) is 9.47 Å². The van der Waals surface area contributed by atoms with Gasteiger partial charge in [-0.05, 0) is 23.8 Å². The fraction of sp³-hybridized carbons (Fsp3) is 0.333. The predicted octanol–water partition coefficient (Wildman–Crippen LogP) is 1.15. The lowest BCUT2D eigenvalue weighted by Crippen LogP contribution is -2.36. The molecular weight excluding hydrogens is 284 g/mol. The summed E-state index contributed by atoms with van der Waals surface area (Å²) in [5.74, 6) is 1.48. The van der Waals surface area contributed by atoms with Crippen molar-refractivity contribution in [1.29, 1.82) is 0 Å². The van der Waals surface area contributed by atoms with Crippen molar-refractivity contribution in [3.8, 4) is 11.5 Å². The fourth-order valence-corrected chi connectivity index (χ4v) is 2.16. The number of benzene rings is 1. The number of nitrogens with one attached hydrogen (secondary N) is 2. The summed E-state index contributed by atoms with van der Waals surface area (Å²) >= 11 is 0. The zero-order valence-corrected chi connectivity index (χ0v) is 12.1. The van der Waals surface area contributed by atoms with Crippen molar-refractivity contribution in [3.63, 3.8) is 0 Å². The van der Waals surface area contributed by atoms with E-state index in [1.165, 1.54) is 0 Å². The molecule has 0 spiro atoms. The molecule has 2 N–H and O–H groups in total. The Labute approximate surface area is 128 Å². The topological polar surface area (TPSA) is 77.4 Å². The molecule has 7 heteroatoms. The van der Waals surface area contributed by atoms with E-state index < -0.39 is 0 Å². The van der Waals surface area contributed by atoms with E-state index in [0.29, 0.717) is 32.8 Å². The first kappa shape index (κ1) is 14.2. The largest absolute Gasteiger partial charge is 0.486 e. The number of urea groups is 1. The Morgan fingerprint density at radius 2 is 2.09 bits per heavy atom. The van der Waals surface area contributed by atoms with Gasteiger partial charge in [-0.2, -0.15) is 5.10 Å². The van der Waals surface area contributed by atoms with Gasteiger partial charge in [0.2, 0.25) is 0 Å². The molecule has 0 saturated heterocycles. The van der Waals surface area contributed by atoms with Crippen molar-refractivity contribution in [2.24, 2.45) is 0 Å². The van der Waals surface area contributed by atoms with Gasteiger partial charge in [0.25, 0.3) is 0 Å². The Kier molecular flexibility index (Phi) is 4.43. The van der Waals surface area contributed by atoms with E-state index in [0.717, 1.165) is 17.1 Å². The molecule has 1 aliphatic rings. The van der Waals surface area contributed by atoms with Crippen LogP contribution >= 0.6 is 0 Å². The van der Waals surface area contributed by atoms with Gasteiger partial charge >= 0.3 is 6.03 Å². The van der Waals surface area contributed by atoms with Crippen molar-refractivity contribution in [1.82, 2.24) is 20.4 Å². The first-order valence-corrected chi connectivity index (χ1v) is 7.19. The smallest absolute Gasteiger partial charge is 0.315 e. The fourth-order valence-electron chi connectivity index (χ4n) is 2.16. The number of carbonyl (C=O) groups excluding carboxylic acids is 1. The number of nitrogens with zero attached hydrogens (tertiary/aromatic N) is 2. The van der Waals surface area contributed by atoms with Crippen molar-refractivity contribution < 1.29 is 14.3 Å². The average molecular weight is 302 g/mol. The van der Waals surface area contributed by atoms with Crippen molar-refractivity contribution in [2.45, 2.75) is 13.1 Å². The number of amides is 2. The monoisotopic (exact) mass is 302 g/mol. The molecule has 0 atom stereocenters. The molecule has 22 heavy (non-hydrogen) atoms. The van der Waals surface area contributed by atoms with Crippen LogP contribution in [0, 0.1) is 0 Å². The summed E-state index contributed by atoms with van der Waals surface area (Å²) in [5.41, 5.74) is 0.964. The molecular formula is C15H18N4O3. The molecule has 116 valence electrons. The molecule has 0 unspecified atom stereocenters. The van der Waals surface area contributed by atoms with Crippen molar-refractivity contribution in [3.05, 3.63) is 42.2 Å². The van der Waals surface area contributed by atoms with Crippen LogP contribution in [0.1, 0.15) is 5.56 Å². The summed E-state index contributed by atoms with van der Waals surface area (Å²) in [4.78, 5) is 11.7. The maximum atomic E-state index is 11.7. The van der Waals surface area contributed by atoms with Crippen molar-refractivity contribution in [2.75, 3.05) is 19.8 Å². The Morgan fingerprint density at radius 3 is 2.91 bits per heavy atom. The van der Waals surface area contributed by atoms with Gasteiger partial charge in [-0.1, -0.05) is 6.07 Å². The van der Waals surface area contributed by atoms with Crippen LogP contribution in [0.5, 0.6) is 11.5 Å². The van der Waals surface area contributed by atoms with Crippen LogP contribution in [0.2, 0.25) is 0 Å². The van der Waals surface area contributed by atoms with Gasteiger partial charge in [0.05, 0.1) is 6.54 Å². The first-order valence-electron chi connectivity index (χ1n) is 7.19. The zero-order chi connectivity index (χ0) is 15.2. The number of ether oxygens (including phenoxy) is 2. The third-order valence-corrected chi connectivity index (χ3v) is 3.25. The number of aromatic nitrogens is 2.